The van der Waals surface area contributed by atoms with Crippen molar-refractivity contribution in [3.8, 4) is 19.5 Å². The monoisotopic (exact) mass is 826 g/mol. The summed E-state index contributed by atoms with van der Waals surface area (Å²) in [5, 5.41) is 4.69. The lowest BCUT2D eigenvalue weighted by molar-refractivity contribution is 0.0981. The van der Waals surface area contributed by atoms with Gasteiger partial charge in [-0.3, -0.25) is 9.59 Å². The third-order valence-corrected chi connectivity index (χ3v) is 16.0. The molecule has 0 aliphatic heterocycles. The van der Waals surface area contributed by atoms with E-state index in [0.717, 1.165) is 32.4 Å². The van der Waals surface area contributed by atoms with Crippen molar-refractivity contribution < 1.29 is 9.59 Å². The van der Waals surface area contributed by atoms with Crippen molar-refractivity contribution in [1.29, 1.82) is 0 Å². The van der Waals surface area contributed by atoms with Crippen LogP contribution in [0.3, 0.4) is 0 Å². The predicted octanol–water partition coefficient (Wildman–Crippen LogP) is 17.7. The van der Waals surface area contributed by atoms with Crippen LogP contribution in [0.5, 0.6) is 0 Å². The highest BCUT2D eigenvalue weighted by Crippen LogP contribution is 2.49. The zero-order chi connectivity index (χ0) is 40.2. The molecule has 2 unspecified atom stereocenters. The van der Waals surface area contributed by atoms with E-state index >= 15 is 0 Å². The van der Waals surface area contributed by atoms with Crippen molar-refractivity contribution in [1.82, 2.24) is 0 Å². The van der Waals surface area contributed by atoms with Gasteiger partial charge in [0, 0.05) is 20.9 Å². The summed E-state index contributed by atoms with van der Waals surface area (Å²) in [4.78, 5) is 33.1. The van der Waals surface area contributed by atoms with Crippen molar-refractivity contribution in [3.05, 3.63) is 80.5 Å². The number of fused-ring (bicyclic) bond motifs is 2. The molecule has 0 saturated heterocycles. The van der Waals surface area contributed by atoms with Gasteiger partial charge >= 0.3 is 0 Å². The minimum Gasteiger partial charge on any atom is -0.289 e. The Morgan fingerprint density at radius 2 is 0.789 bits per heavy atom. The first-order valence-corrected chi connectivity index (χ1v) is 26.1. The first-order chi connectivity index (χ1) is 28.0. The SMILES string of the molecule is CCCCCCCCC(CCCCCC)Cc1csc(-c2sc(-c3cc(CC(CCCCCC)CCCCCCCC)cs3)c3c2C(=O)c2ccccc2C3=O)c1. The van der Waals surface area contributed by atoms with Crippen LogP contribution >= 0.6 is 34.0 Å². The first kappa shape index (κ1) is 45.7. The summed E-state index contributed by atoms with van der Waals surface area (Å²) < 4.78 is 0. The molecule has 57 heavy (non-hydrogen) atoms. The minimum atomic E-state index is 0.00684. The molecule has 0 N–H and O–H groups in total. The molecule has 0 bridgehead atoms. The number of carbonyl (C=O) groups is 2. The molecule has 3 aromatic heterocycles. The van der Waals surface area contributed by atoms with Crippen LogP contribution in [0.1, 0.15) is 225 Å². The van der Waals surface area contributed by atoms with Gasteiger partial charge in [-0.15, -0.1) is 34.0 Å². The number of benzene rings is 1. The van der Waals surface area contributed by atoms with Crippen LogP contribution in [0.2, 0.25) is 0 Å². The number of hydrogen-bond acceptors (Lipinski definition) is 5. The van der Waals surface area contributed by atoms with E-state index in [0.29, 0.717) is 34.1 Å². The number of carbonyl (C=O) groups excluding carboxylic acids is 2. The summed E-state index contributed by atoms with van der Waals surface area (Å²) in [5.41, 5.74) is 5.18. The fraction of sp³-hybridized carbons (Fsp3) is 0.615. The zero-order valence-corrected chi connectivity index (χ0v) is 38.6. The van der Waals surface area contributed by atoms with E-state index in [2.05, 4.69) is 50.6 Å². The Morgan fingerprint density at radius 3 is 1.16 bits per heavy atom. The van der Waals surface area contributed by atoms with Gasteiger partial charge in [0.05, 0.1) is 20.9 Å². The molecule has 0 spiro atoms. The second-order valence-corrected chi connectivity index (χ2v) is 20.1. The van der Waals surface area contributed by atoms with Gasteiger partial charge in [0.25, 0.3) is 0 Å². The smallest absolute Gasteiger partial charge is 0.196 e. The van der Waals surface area contributed by atoms with E-state index in [4.69, 9.17) is 0 Å². The Morgan fingerprint density at radius 1 is 0.456 bits per heavy atom. The Labute approximate surface area is 359 Å². The fourth-order valence-electron chi connectivity index (χ4n) is 9.07. The van der Waals surface area contributed by atoms with E-state index in [1.165, 1.54) is 165 Å². The Kier molecular flexibility index (Phi) is 20.3. The normalized spacial score (nSPS) is 13.6. The second kappa shape index (κ2) is 25.3. The summed E-state index contributed by atoms with van der Waals surface area (Å²) >= 11 is 5.23. The molecule has 4 aromatic rings. The molecule has 5 rings (SSSR count). The van der Waals surface area contributed by atoms with Gasteiger partial charge in [-0.25, -0.2) is 0 Å². The van der Waals surface area contributed by atoms with Gasteiger partial charge in [0.1, 0.15) is 0 Å². The molecule has 2 atom stereocenters. The van der Waals surface area contributed by atoms with Crippen LogP contribution in [-0.4, -0.2) is 11.6 Å². The summed E-state index contributed by atoms with van der Waals surface area (Å²) in [7, 11) is 0. The van der Waals surface area contributed by atoms with Gasteiger partial charge in [-0.05, 0) is 58.7 Å². The molecule has 1 aliphatic rings. The molecule has 2 nitrogen and oxygen atoms in total. The van der Waals surface area contributed by atoms with Crippen LogP contribution in [0.15, 0.2) is 47.2 Å². The third kappa shape index (κ3) is 13.6. The lowest BCUT2D eigenvalue weighted by atomic mass is 9.83. The van der Waals surface area contributed by atoms with Crippen molar-refractivity contribution in [2.24, 2.45) is 11.8 Å². The summed E-state index contributed by atoms with van der Waals surface area (Å²) in [6.07, 6.45) is 34.2. The largest absolute Gasteiger partial charge is 0.289 e. The quantitative estimate of drug-likeness (QED) is 0.0432. The molecule has 312 valence electrons. The van der Waals surface area contributed by atoms with E-state index in [1.807, 2.05) is 24.3 Å². The van der Waals surface area contributed by atoms with Gasteiger partial charge in [-0.1, -0.05) is 206 Å². The highest BCUT2D eigenvalue weighted by atomic mass is 32.1. The molecule has 5 heteroatoms. The van der Waals surface area contributed by atoms with Crippen LogP contribution in [0.25, 0.3) is 19.5 Å². The van der Waals surface area contributed by atoms with Crippen molar-refractivity contribution in [2.75, 3.05) is 0 Å². The van der Waals surface area contributed by atoms with Crippen molar-refractivity contribution in [3.63, 3.8) is 0 Å². The Hall–Kier alpha value is -2.34. The Bertz CT molecular complexity index is 1640. The highest BCUT2D eigenvalue weighted by Gasteiger charge is 2.37. The van der Waals surface area contributed by atoms with Gasteiger partial charge < -0.3 is 0 Å². The number of unbranched alkanes of at least 4 members (excludes halogenated alkanes) is 16. The third-order valence-electron chi connectivity index (χ3n) is 12.4. The molecule has 0 amide bonds. The molecule has 1 aromatic carbocycles. The number of rotatable bonds is 30. The topological polar surface area (TPSA) is 34.1 Å². The van der Waals surface area contributed by atoms with Crippen LogP contribution in [-0.2, 0) is 12.8 Å². The van der Waals surface area contributed by atoms with Crippen molar-refractivity contribution >= 4 is 45.6 Å². The number of hydrogen-bond donors (Lipinski definition) is 0. The van der Waals surface area contributed by atoms with Crippen LogP contribution < -0.4 is 0 Å². The highest BCUT2D eigenvalue weighted by molar-refractivity contribution is 7.26. The van der Waals surface area contributed by atoms with E-state index in [-0.39, 0.29) is 11.6 Å². The first-order valence-electron chi connectivity index (χ1n) is 23.5. The van der Waals surface area contributed by atoms with E-state index in [9.17, 15) is 9.59 Å². The van der Waals surface area contributed by atoms with E-state index < -0.39 is 0 Å². The second-order valence-electron chi connectivity index (χ2n) is 17.3. The molecule has 0 saturated carbocycles. The van der Waals surface area contributed by atoms with E-state index in [1.54, 1.807) is 34.0 Å². The maximum absolute atomic E-state index is 14.4. The summed E-state index contributed by atoms with van der Waals surface area (Å²) in [6.45, 7) is 9.19. The Balaban J connectivity index is 1.38. The maximum Gasteiger partial charge on any atom is 0.196 e. The lowest BCUT2D eigenvalue weighted by Crippen LogP contribution is -2.20. The average Bonchev–Trinajstić information content (AvgIpc) is 3.99. The summed E-state index contributed by atoms with van der Waals surface area (Å²) in [6, 6.07) is 12.2. The molecular weight excluding hydrogens is 753 g/mol. The summed E-state index contributed by atoms with van der Waals surface area (Å²) in [5.74, 6) is 1.43. The number of ketones is 2. The molecule has 0 fully saturated rings. The lowest BCUT2D eigenvalue weighted by Gasteiger charge is -2.17. The molecule has 1 aliphatic carbocycles. The van der Waals surface area contributed by atoms with Gasteiger partial charge in [0.15, 0.2) is 11.6 Å². The molecular formula is C52H74O2S3. The predicted molar refractivity (Wildman–Crippen MR) is 252 cm³/mol. The molecule has 3 heterocycles. The zero-order valence-electron chi connectivity index (χ0n) is 36.2. The van der Waals surface area contributed by atoms with Gasteiger partial charge in [-0.2, -0.15) is 0 Å². The van der Waals surface area contributed by atoms with Crippen molar-refractivity contribution in [2.45, 2.75) is 195 Å². The minimum absolute atomic E-state index is 0.00684. The molecule has 0 radical (unpaired) electrons. The maximum atomic E-state index is 14.4. The van der Waals surface area contributed by atoms with Crippen LogP contribution in [0, 0.1) is 11.8 Å². The standard InChI is InChI=1S/C52H74O2S3/c1-5-9-13-17-19-23-29-39(27-21-15-11-7-3)33-41-35-45(55-37-41)51-47-48(50(54)44-32-26-25-31-43(44)49(47)53)52(57-51)46-36-42(38-56-46)34-40(28-22-16-12-8-4)30-24-20-18-14-10-6-2/h25-26,31-32,35-40H,5-24,27-30,33-34H2,1-4H3. The average molecular weight is 827 g/mol. The van der Waals surface area contributed by atoms with Crippen LogP contribution in [0.4, 0.5) is 0 Å². The number of thiophene rings is 3. The van der Waals surface area contributed by atoms with Gasteiger partial charge in [0.2, 0.25) is 0 Å². The fourth-order valence-corrected chi connectivity index (χ4v) is 12.5.